The summed E-state index contributed by atoms with van der Waals surface area (Å²) in [6.45, 7) is 4.75. The van der Waals surface area contributed by atoms with Crippen LogP contribution in [-0.4, -0.2) is 143 Å². The third kappa shape index (κ3) is 10.9. The van der Waals surface area contributed by atoms with E-state index in [1.807, 2.05) is 71.8 Å². The number of imidazole rings is 1. The first kappa shape index (κ1) is 45.7. The second-order valence-corrected chi connectivity index (χ2v) is 18.1. The molecule has 0 spiro atoms. The van der Waals surface area contributed by atoms with Crippen LogP contribution in [0.5, 0.6) is 0 Å². The Kier molecular flexibility index (Phi) is 14.6. The van der Waals surface area contributed by atoms with Gasteiger partial charge in [-0.2, -0.15) is 0 Å². The first-order valence-electron chi connectivity index (χ1n) is 24.0. The molecule has 17 nitrogen and oxygen atoms in total. The number of anilines is 1. The molecule has 1 aromatic heterocycles. The van der Waals surface area contributed by atoms with E-state index in [0.29, 0.717) is 84.1 Å². The number of rotatable bonds is 12. The van der Waals surface area contributed by atoms with Crippen molar-refractivity contribution in [3.63, 3.8) is 0 Å². The molecule has 1 saturated carbocycles. The van der Waals surface area contributed by atoms with Crippen LogP contribution in [0.1, 0.15) is 86.4 Å². The number of hydrogen-bond acceptors (Lipinski definition) is 9. The summed E-state index contributed by atoms with van der Waals surface area (Å²) in [5.41, 5.74) is 4.24. The zero-order valence-electron chi connectivity index (χ0n) is 37.9. The van der Waals surface area contributed by atoms with Crippen molar-refractivity contribution in [2.24, 2.45) is 0 Å². The van der Waals surface area contributed by atoms with Gasteiger partial charge in [-0.1, -0.05) is 72.8 Å². The van der Waals surface area contributed by atoms with Crippen LogP contribution in [0.25, 0.3) is 11.3 Å². The Hall–Kier alpha value is -6.46. The molecule has 17 heteroatoms. The minimum Gasteiger partial charge on any atom is -0.382 e. The van der Waals surface area contributed by atoms with Crippen molar-refractivity contribution in [2.75, 3.05) is 71.0 Å². The van der Waals surface area contributed by atoms with E-state index in [0.717, 1.165) is 66.9 Å². The van der Waals surface area contributed by atoms with Crippen molar-refractivity contribution in [3.8, 4) is 11.3 Å². The van der Waals surface area contributed by atoms with Crippen molar-refractivity contribution in [2.45, 2.75) is 87.6 Å². The third-order valence-corrected chi connectivity index (χ3v) is 13.8. The van der Waals surface area contributed by atoms with E-state index < -0.39 is 18.1 Å². The molecule has 4 atom stereocenters. The van der Waals surface area contributed by atoms with Crippen LogP contribution in [0.15, 0.2) is 91.1 Å². The summed E-state index contributed by atoms with van der Waals surface area (Å²) in [6, 6.07) is 24.0. The highest BCUT2D eigenvalue weighted by molar-refractivity contribution is 5.93. The predicted molar refractivity (Wildman–Crippen MR) is 250 cm³/mol. The Bertz CT molecular complexity index is 2310. The largest absolute Gasteiger partial charge is 0.382 e. The molecule has 5 N–H and O–H groups in total. The van der Waals surface area contributed by atoms with Crippen LogP contribution in [0.4, 0.5) is 15.3 Å². The van der Waals surface area contributed by atoms with Crippen molar-refractivity contribution in [1.29, 1.82) is 0 Å². The molecule has 1 aliphatic carbocycles. The average Bonchev–Trinajstić information content (AvgIpc) is 4.19. The Morgan fingerprint density at radius 1 is 0.597 bits per heavy atom. The standard InChI is InChI=1S/C50H62N10O7/c61-46(42-14-8-24-60(42)48(63)44(36-11-5-2-6-12-36)56-50(65)58-27-31-67-32-28-58)53-39-21-19-38(20-22-39)52-37-17-15-34(16-18-37)40-33-51-45(54-40)41-13-7-23-59(41)47(62)43(35-9-3-1-4-10-35)55-49(64)57-25-29-66-30-26-57/h1-6,9-12,15-18,33,38-39,41-44,52H,7-8,13-14,19-32H2,(H,51,54)(H,53,61)(H,55,64)(H,56,65). The topological polar surface area (TPSA) is 194 Å². The van der Waals surface area contributed by atoms with Gasteiger partial charge >= 0.3 is 12.1 Å². The summed E-state index contributed by atoms with van der Waals surface area (Å²) >= 11 is 0. The first-order chi connectivity index (χ1) is 32.8. The summed E-state index contributed by atoms with van der Waals surface area (Å²) in [5.74, 6) is 0.149. The van der Waals surface area contributed by atoms with Crippen molar-refractivity contribution in [3.05, 3.63) is 108 Å². The maximum Gasteiger partial charge on any atom is 0.318 e. The van der Waals surface area contributed by atoms with Gasteiger partial charge in [-0.25, -0.2) is 14.6 Å². The highest BCUT2D eigenvalue weighted by Crippen LogP contribution is 2.35. The predicted octanol–water partition coefficient (Wildman–Crippen LogP) is 5.14. The Morgan fingerprint density at radius 2 is 1.12 bits per heavy atom. The molecule has 3 aromatic carbocycles. The molecule has 0 bridgehead atoms. The fourth-order valence-corrected chi connectivity index (χ4v) is 10.1. The maximum absolute atomic E-state index is 14.3. The average molecular weight is 915 g/mol. The van der Waals surface area contributed by atoms with E-state index in [1.54, 1.807) is 14.7 Å². The van der Waals surface area contributed by atoms with E-state index in [-0.39, 0.29) is 47.9 Å². The van der Waals surface area contributed by atoms with Crippen molar-refractivity contribution >= 4 is 35.5 Å². The number of amides is 7. The lowest BCUT2D eigenvalue weighted by molar-refractivity contribution is -0.140. The van der Waals surface area contributed by atoms with Gasteiger partial charge in [0.05, 0.1) is 44.4 Å². The van der Waals surface area contributed by atoms with Crippen LogP contribution in [0.2, 0.25) is 0 Å². The number of carbonyl (C=O) groups is 5. The molecule has 5 fully saturated rings. The zero-order chi connectivity index (χ0) is 46.1. The zero-order valence-corrected chi connectivity index (χ0v) is 37.9. The molecule has 354 valence electrons. The van der Waals surface area contributed by atoms with Crippen LogP contribution < -0.4 is 21.3 Å². The molecule has 4 aromatic rings. The van der Waals surface area contributed by atoms with E-state index in [4.69, 9.17) is 14.5 Å². The molecule has 5 heterocycles. The number of ether oxygens (including phenoxy) is 2. The summed E-state index contributed by atoms with van der Waals surface area (Å²) in [7, 11) is 0. The fourth-order valence-electron chi connectivity index (χ4n) is 10.1. The second kappa shape index (κ2) is 21.4. The summed E-state index contributed by atoms with van der Waals surface area (Å²) < 4.78 is 10.8. The molecule has 7 amide bonds. The summed E-state index contributed by atoms with van der Waals surface area (Å²) in [6.07, 6.45) is 8.09. The van der Waals surface area contributed by atoms with Crippen molar-refractivity contribution in [1.82, 2.24) is 45.5 Å². The monoisotopic (exact) mass is 914 g/mol. The Morgan fingerprint density at radius 3 is 1.70 bits per heavy atom. The van der Waals surface area contributed by atoms with Crippen LogP contribution in [0, 0.1) is 0 Å². The molecule has 0 radical (unpaired) electrons. The smallest absolute Gasteiger partial charge is 0.318 e. The Labute approximate surface area is 391 Å². The van der Waals surface area contributed by atoms with Gasteiger partial charge in [0.1, 0.15) is 23.9 Å². The third-order valence-electron chi connectivity index (χ3n) is 13.8. The SMILES string of the molecule is O=C(NC1CCC(Nc2ccc(-c3cnc(C4CCCN4C(=O)C(NC(=O)N4CCOCC4)c4ccccc4)[nH]3)cc2)CC1)C1CCCN1C(=O)C(NC(=O)N1CCOCC1)c1ccccc1. The molecule has 9 rings (SSSR count). The number of H-pyrrole nitrogens is 1. The van der Waals surface area contributed by atoms with E-state index in [9.17, 15) is 24.0 Å². The van der Waals surface area contributed by atoms with Crippen LogP contribution in [0.3, 0.4) is 0 Å². The van der Waals surface area contributed by atoms with Gasteiger partial charge in [-0.05, 0) is 80.2 Å². The number of aromatic nitrogens is 2. The number of hydrogen-bond donors (Lipinski definition) is 5. The number of benzene rings is 3. The van der Waals surface area contributed by atoms with Crippen molar-refractivity contribution < 1.29 is 33.4 Å². The van der Waals surface area contributed by atoms with Gasteiger partial charge in [0, 0.05) is 57.0 Å². The number of likely N-dealkylation sites (tertiary alicyclic amines) is 2. The van der Waals surface area contributed by atoms with Crippen LogP contribution in [-0.2, 0) is 23.9 Å². The minimum atomic E-state index is -0.903. The van der Waals surface area contributed by atoms with Gasteiger partial charge < -0.3 is 55.3 Å². The van der Waals surface area contributed by atoms with Gasteiger partial charge in [-0.3, -0.25) is 14.4 Å². The van der Waals surface area contributed by atoms with Crippen LogP contribution >= 0.6 is 0 Å². The van der Waals surface area contributed by atoms with Gasteiger partial charge in [0.25, 0.3) is 5.91 Å². The maximum atomic E-state index is 14.3. The summed E-state index contributed by atoms with van der Waals surface area (Å²) in [5, 5.41) is 12.9. The molecule has 67 heavy (non-hydrogen) atoms. The lowest BCUT2D eigenvalue weighted by atomic mass is 9.90. The molecule has 4 saturated heterocycles. The highest BCUT2D eigenvalue weighted by Gasteiger charge is 2.40. The Balaban J connectivity index is 0.766. The van der Waals surface area contributed by atoms with Gasteiger partial charge in [0.2, 0.25) is 11.8 Å². The lowest BCUT2D eigenvalue weighted by Crippen LogP contribution is -2.54. The number of aromatic amines is 1. The molecule has 4 unspecified atom stereocenters. The van der Waals surface area contributed by atoms with Gasteiger partial charge in [0.15, 0.2) is 0 Å². The number of urea groups is 2. The molecular formula is C50H62N10O7. The quantitative estimate of drug-likeness (QED) is 0.128. The molecule has 5 aliphatic rings. The lowest BCUT2D eigenvalue weighted by Gasteiger charge is -2.34. The van der Waals surface area contributed by atoms with Gasteiger partial charge in [-0.15, -0.1) is 0 Å². The van der Waals surface area contributed by atoms with E-state index >= 15 is 0 Å². The first-order valence-corrected chi connectivity index (χ1v) is 24.0. The highest BCUT2D eigenvalue weighted by atomic mass is 16.5. The summed E-state index contributed by atoms with van der Waals surface area (Å²) in [4.78, 5) is 83.9. The minimum absolute atomic E-state index is 0.00940. The fraction of sp³-hybridized carbons (Fsp3) is 0.480. The number of morpholine rings is 2. The number of carbonyl (C=O) groups excluding carboxylic acids is 5. The molecular weight excluding hydrogens is 853 g/mol. The number of nitrogens with zero attached hydrogens (tertiary/aromatic N) is 5. The second-order valence-electron chi connectivity index (χ2n) is 18.1. The molecule has 4 aliphatic heterocycles. The number of nitrogens with one attached hydrogen (secondary N) is 5. The normalized spacial score (nSPS) is 23.0. The van der Waals surface area contributed by atoms with E-state index in [1.165, 1.54) is 0 Å². The van der Waals surface area contributed by atoms with E-state index in [2.05, 4.69) is 50.5 Å².